The Bertz CT molecular complexity index is 679. The van der Waals surface area contributed by atoms with Gasteiger partial charge in [-0.25, -0.2) is 13.4 Å². The molecule has 1 N–H and O–H groups in total. The molecule has 0 radical (unpaired) electrons. The fourth-order valence-corrected chi connectivity index (χ4v) is 4.71. The lowest BCUT2D eigenvalue weighted by molar-refractivity contribution is -0.00705. The predicted molar refractivity (Wildman–Crippen MR) is 75.1 cm³/mol. The summed E-state index contributed by atoms with van der Waals surface area (Å²) in [5, 5.41) is 1.76. The number of hydrogen-bond acceptors (Lipinski definition) is 5. The highest BCUT2D eigenvalue weighted by Gasteiger charge is 2.33. The van der Waals surface area contributed by atoms with Crippen LogP contribution >= 0.6 is 11.3 Å². The maximum atomic E-state index is 12.5. The average Bonchev–Trinajstić information content (AvgIpc) is 3.10. The fourth-order valence-electron chi connectivity index (χ4n) is 2.14. The van der Waals surface area contributed by atoms with Gasteiger partial charge in [-0.2, -0.15) is 4.31 Å². The molecule has 0 aliphatic carbocycles. The molecule has 1 atom stereocenters. The zero-order chi connectivity index (χ0) is 14.2. The minimum absolute atomic E-state index is 0.285. The van der Waals surface area contributed by atoms with Crippen LogP contribution in [0.1, 0.15) is 17.6 Å². The highest BCUT2D eigenvalue weighted by Crippen LogP contribution is 2.26. The first kappa shape index (κ1) is 13.7. The van der Waals surface area contributed by atoms with Crippen LogP contribution in [0.15, 0.2) is 27.9 Å². The van der Waals surface area contributed by atoms with Crippen molar-refractivity contribution in [3.63, 3.8) is 0 Å². The molecule has 0 saturated carbocycles. The second-order valence-corrected chi connectivity index (χ2v) is 7.72. The fraction of sp³-hybridized carbons (Fsp3) is 0.417. The number of aromatic amines is 1. The van der Waals surface area contributed by atoms with Crippen molar-refractivity contribution in [1.29, 1.82) is 0 Å². The molecule has 0 bridgehead atoms. The van der Waals surface area contributed by atoms with Gasteiger partial charge in [0.25, 0.3) is 10.0 Å². The molecule has 0 aromatic carbocycles. The molecule has 3 rings (SSSR count). The lowest BCUT2D eigenvalue weighted by Gasteiger charge is -2.30. The average molecular weight is 313 g/mol. The second kappa shape index (κ2) is 5.28. The number of ether oxygens (including phenoxy) is 1. The maximum Gasteiger partial charge on any atom is 0.252 e. The van der Waals surface area contributed by atoms with Crippen molar-refractivity contribution >= 4 is 21.4 Å². The van der Waals surface area contributed by atoms with Crippen molar-refractivity contribution in [2.24, 2.45) is 0 Å². The first-order valence-corrected chi connectivity index (χ1v) is 8.56. The van der Waals surface area contributed by atoms with E-state index in [2.05, 4.69) is 9.97 Å². The Labute approximate surface area is 121 Å². The van der Waals surface area contributed by atoms with Crippen LogP contribution in [0.5, 0.6) is 0 Å². The van der Waals surface area contributed by atoms with E-state index in [0.29, 0.717) is 23.2 Å². The smallest absolute Gasteiger partial charge is 0.252 e. The zero-order valence-corrected chi connectivity index (χ0v) is 12.6. The molecule has 1 unspecified atom stereocenters. The molecule has 2 aromatic rings. The summed E-state index contributed by atoms with van der Waals surface area (Å²) in [6.45, 7) is 2.93. The van der Waals surface area contributed by atoms with Gasteiger partial charge in [-0.05, 0) is 18.4 Å². The largest absolute Gasteiger partial charge is 0.368 e. The van der Waals surface area contributed by atoms with Crippen LogP contribution in [0.25, 0.3) is 0 Å². The quantitative estimate of drug-likeness (QED) is 0.932. The van der Waals surface area contributed by atoms with Gasteiger partial charge in [0.2, 0.25) is 0 Å². The third kappa shape index (κ3) is 2.51. The summed E-state index contributed by atoms with van der Waals surface area (Å²) in [4.78, 5) is 7.32. The van der Waals surface area contributed by atoms with Crippen LogP contribution in [-0.2, 0) is 14.8 Å². The highest BCUT2D eigenvalue weighted by atomic mass is 32.2. The number of rotatable bonds is 3. The van der Waals surface area contributed by atoms with Crippen LogP contribution in [0, 0.1) is 6.92 Å². The highest BCUT2D eigenvalue weighted by molar-refractivity contribution is 7.91. The Morgan fingerprint density at radius 1 is 1.55 bits per heavy atom. The monoisotopic (exact) mass is 313 g/mol. The standard InChI is InChI=1S/C12H15N3O3S2/c1-9-7-13-12(14-9)10-8-15(4-5-18-10)20(16,17)11-3-2-6-19-11/h2-3,6-7,10H,4-5,8H2,1H3,(H,13,14). The minimum Gasteiger partial charge on any atom is -0.368 e. The van der Waals surface area contributed by atoms with Crippen molar-refractivity contribution < 1.29 is 13.2 Å². The van der Waals surface area contributed by atoms with Crippen LogP contribution in [0.2, 0.25) is 0 Å². The SMILES string of the molecule is Cc1cnc(C2CN(S(=O)(=O)c3cccs3)CCO2)[nH]1. The van der Waals surface area contributed by atoms with E-state index >= 15 is 0 Å². The van der Waals surface area contributed by atoms with Gasteiger partial charge < -0.3 is 9.72 Å². The molecule has 6 nitrogen and oxygen atoms in total. The summed E-state index contributed by atoms with van der Waals surface area (Å²) < 4.78 is 32.4. The van der Waals surface area contributed by atoms with Gasteiger partial charge in [-0.15, -0.1) is 11.3 Å². The van der Waals surface area contributed by atoms with Gasteiger partial charge in [0.05, 0.1) is 6.61 Å². The van der Waals surface area contributed by atoms with Crippen molar-refractivity contribution in [3.05, 3.63) is 35.2 Å². The number of nitrogens with one attached hydrogen (secondary N) is 1. The number of aromatic nitrogens is 2. The van der Waals surface area contributed by atoms with Gasteiger partial charge in [0.1, 0.15) is 16.1 Å². The minimum atomic E-state index is -3.42. The van der Waals surface area contributed by atoms with Crippen molar-refractivity contribution in [3.8, 4) is 0 Å². The van der Waals surface area contributed by atoms with E-state index in [1.165, 1.54) is 15.6 Å². The van der Waals surface area contributed by atoms with Crippen molar-refractivity contribution in [1.82, 2.24) is 14.3 Å². The maximum absolute atomic E-state index is 12.5. The second-order valence-electron chi connectivity index (χ2n) is 4.61. The molecule has 2 aromatic heterocycles. The van der Waals surface area contributed by atoms with Crippen LogP contribution < -0.4 is 0 Å². The van der Waals surface area contributed by atoms with Gasteiger partial charge in [0, 0.05) is 25.0 Å². The molecular formula is C12H15N3O3S2. The number of thiophene rings is 1. The van der Waals surface area contributed by atoms with E-state index in [0.717, 1.165) is 5.69 Å². The molecule has 1 aliphatic rings. The molecule has 1 fully saturated rings. The molecule has 1 saturated heterocycles. The summed E-state index contributed by atoms with van der Waals surface area (Å²) in [6.07, 6.45) is 1.37. The number of aryl methyl sites for hydroxylation is 1. The molecular weight excluding hydrogens is 298 g/mol. The third-order valence-corrected chi connectivity index (χ3v) is 6.38. The van der Waals surface area contributed by atoms with Gasteiger partial charge in [0.15, 0.2) is 0 Å². The van der Waals surface area contributed by atoms with Crippen LogP contribution in [-0.4, -0.2) is 42.4 Å². The predicted octanol–water partition coefficient (Wildman–Crippen LogP) is 1.54. The summed E-state index contributed by atoms with van der Waals surface area (Å²) in [5.74, 6) is 0.675. The van der Waals surface area contributed by atoms with Gasteiger partial charge >= 0.3 is 0 Å². The number of hydrogen-bond donors (Lipinski definition) is 1. The topological polar surface area (TPSA) is 75.3 Å². The number of H-pyrrole nitrogens is 1. The number of morpholine rings is 1. The Morgan fingerprint density at radius 2 is 2.40 bits per heavy atom. The molecule has 0 spiro atoms. The Hall–Kier alpha value is -1.22. The summed E-state index contributed by atoms with van der Waals surface area (Å²) in [7, 11) is -3.42. The zero-order valence-electron chi connectivity index (χ0n) is 10.9. The molecule has 8 heteroatoms. The van der Waals surface area contributed by atoms with Crippen molar-refractivity contribution in [2.45, 2.75) is 17.2 Å². The van der Waals surface area contributed by atoms with Crippen LogP contribution in [0.4, 0.5) is 0 Å². The number of imidazole rings is 1. The van der Waals surface area contributed by atoms with Crippen molar-refractivity contribution in [2.75, 3.05) is 19.7 Å². The van der Waals surface area contributed by atoms with E-state index in [1.54, 1.807) is 23.7 Å². The van der Waals surface area contributed by atoms with Crippen LogP contribution in [0.3, 0.4) is 0 Å². The first-order chi connectivity index (χ1) is 9.57. The van der Waals surface area contributed by atoms with E-state index in [4.69, 9.17) is 4.74 Å². The molecule has 1 aliphatic heterocycles. The number of nitrogens with zero attached hydrogens (tertiary/aromatic N) is 2. The lowest BCUT2D eigenvalue weighted by atomic mass is 10.3. The third-order valence-electron chi connectivity index (χ3n) is 3.15. The van der Waals surface area contributed by atoms with Gasteiger partial charge in [-0.1, -0.05) is 6.07 Å². The van der Waals surface area contributed by atoms with E-state index in [1.807, 2.05) is 6.92 Å². The number of sulfonamides is 1. The Morgan fingerprint density at radius 3 is 3.05 bits per heavy atom. The van der Waals surface area contributed by atoms with E-state index < -0.39 is 10.0 Å². The Kier molecular flexibility index (Phi) is 3.63. The first-order valence-electron chi connectivity index (χ1n) is 6.24. The Balaban J connectivity index is 1.82. The molecule has 0 amide bonds. The van der Waals surface area contributed by atoms with E-state index in [-0.39, 0.29) is 12.6 Å². The normalized spacial score (nSPS) is 21.1. The summed E-state index contributed by atoms with van der Waals surface area (Å²) >= 11 is 1.23. The molecule has 20 heavy (non-hydrogen) atoms. The van der Waals surface area contributed by atoms with Gasteiger partial charge in [-0.3, -0.25) is 0 Å². The summed E-state index contributed by atoms with van der Waals surface area (Å²) in [6, 6.07) is 3.37. The summed E-state index contributed by atoms with van der Waals surface area (Å²) in [5.41, 5.74) is 0.932. The molecule has 108 valence electrons. The molecule has 3 heterocycles. The lowest BCUT2D eigenvalue weighted by Crippen LogP contribution is -2.42. The van der Waals surface area contributed by atoms with E-state index in [9.17, 15) is 8.42 Å².